The van der Waals surface area contributed by atoms with E-state index in [1.807, 2.05) is 0 Å². The molecule has 0 aromatic carbocycles. The van der Waals surface area contributed by atoms with Crippen LogP contribution in [-0.4, -0.2) is 32.3 Å². The van der Waals surface area contributed by atoms with Gasteiger partial charge in [-0.15, -0.1) is 0 Å². The van der Waals surface area contributed by atoms with Crippen LogP contribution in [0.25, 0.3) is 0 Å². The monoisotopic (exact) mass is 186 g/mol. The lowest BCUT2D eigenvalue weighted by Crippen LogP contribution is -2.47. The van der Waals surface area contributed by atoms with Gasteiger partial charge in [0.1, 0.15) is 0 Å². The van der Waals surface area contributed by atoms with Crippen LogP contribution >= 0.6 is 0 Å². The molecule has 13 heavy (non-hydrogen) atoms. The lowest BCUT2D eigenvalue weighted by molar-refractivity contribution is 0.191. The zero-order valence-electron chi connectivity index (χ0n) is 8.59. The molecule has 1 aliphatic rings. The second kappa shape index (κ2) is 6.35. The van der Waals surface area contributed by atoms with Gasteiger partial charge in [-0.1, -0.05) is 12.8 Å². The topological polar surface area (TPSA) is 47.3 Å². The summed E-state index contributed by atoms with van der Waals surface area (Å²) in [4.78, 5) is 0. The fraction of sp³-hybridized carbons (Fsp3) is 1.00. The fourth-order valence-electron chi connectivity index (χ4n) is 1.92. The standard InChI is InChI=1S/C10H22N2O/c1-13-8-4-7-12-10-6-3-2-5-9(10)11/h9-10,12H,2-8,11H2,1H3/t9-,10-/m0/s1. The van der Waals surface area contributed by atoms with Crippen LogP contribution in [0.15, 0.2) is 0 Å². The van der Waals surface area contributed by atoms with E-state index in [0.717, 1.165) is 19.6 Å². The van der Waals surface area contributed by atoms with Gasteiger partial charge in [0.15, 0.2) is 0 Å². The second-order valence-corrected chi connectivity index (χ2v) is 3.86. The van der Waals surface area contributed by atoms with Crippen molar-refractivity contribution >= 4 is 0 Å². The van der Waals surface area contributed by atoms with Crippen molar-refractivity contribution in [3.05, 3.63) is 0 Å². The Hall–Kier alpha value is -0.120. The lowest BCUT2D eigenvalue weighted by atomic mass is 9.91. The molecule has 1 rings (SSSR count). The zero-order valence-corrected chi connectivity index (χ0v) is 8.59. The average Bonchev–Trinajstić information content (AvgIpc) is 2.15. The molecule has 3 nitrogen and oxygen atoms in total. The van der Waals surface area contributed by atoms with Crippen molar-refractivity contribution < 1.29 is 4.74 Å². The van der Waals surface area contributed by atoms with Crippen molar-refractivity contribution in [2.45, 2.75) is 44.2 Å². The first-order valence-corrected chi connectivity index (χ1v) is 5.32. The third-order valence-corrected chi connectivity index (χ3v) is 2.75. The summed E-state index contributed by atoms with van der Waals surface area (Å²) >= 11 is 0. The van der Waals surface area contributed by atoms with Gasteiger partial charge >= 0.3 is 0 Å². The number of methoxy groups -OCH3 is 1. The molecule has 1 saturated carbocycles. The number of hydrogen-bond acceptors (Lipinski definition) is 3. The third kappa shape index (κ3) is 4.07. The van der Waals surface area contributed by atoms with Gasteiger partial charge in [-0.25, -0.2) is 0 Å². The first-order valence-electron chi connectivity index (χ1n) is 5.32. The fourth-order valence-corrected chi connectivity index (χ4v) is 1.92. The molecule has 0 heterocycles. The average molecular weight is 186 g/mol. The van der Waals surface area contributed by atoms with Gasteiger partial charge < -0.3 is 15.8 Å². The summed E-state index contributed by atoms with van der Waals surface area (Å²) in [5, 5.41) is 3.50. The number of nitrogens with one attached hydrogen (secondary N) is 1. The highest BCUT2D eigenvalue weighted by Gasteiger charge is 2.20. The van der Waals surface area contributed by atoms with E-state index in [1.165, 1.54) is 25.7 Å². The van der Waals surface area contributed by atoms with Crippen molar-refractivity contribution in [3.63, 3.8) is 0 Å². The van der Waals surface area contributed by atoms with Gasteiger partial charge in [-0.3, -0.25) is 0 Å². The van der Waals surface area contributed by atoms with Crippen LogP contribution in [0.1, 0.15) is 32.1 Å². The molecule has 0 saturated heterocycles. The smallest absolute Gasteiger partial charge is 0.0474 e. The Morgan fingerprint density at radius 2 is 2.15 bits per heavy atom. The van der Waals surface area contributed by atoms with Gasteiger partial charge in [0.05, 0.1) is 0 Å². The number of nitrogens with two attached hydrogens (primary N) is 1. The molecule has 78 valence electrons. The van der Waals surface area contributed by atoms with Crippen LogP contribution < -0.4 is 11.1 Å². The van der Waals surface area contributed by atoms with E-state index in [1.54, 1.807) is 7.11 Å². The highest BCUT2D eigenvalue weighted by Crippen LogP contribution is 2.16. The summed E-state index contributed by atoms with van der Waals surface area (Å²) < 4.78 is 4.99. The minimum Gasteiger partial charge on any atom is -0.385 e. The van der Waals surface area contributed by atoms with Crippen molar-refractivity contribution in [1.29, 1.82) is 0 Å². The molecule has 2 atom stereocenters. The molecule has 0 radical (unpaired) electrons. The maximum Gasteiger partial charge on any atom is 0.0474 e. The highest BCUT2D eigenvalue weighted by atomic mass is 16.5. The summed E-state index contributed by atoms with van der Waals surface area (Å²) in [7, 11) is 1.74. The Balaban J connectivity index is 2.05. The number of ether oxygens (including phenoxy) is 1. The van der Waals surface area contributed by atoms with Crippen LogP contribution in [-0.2, 0) is 4.74 Å². The first-order chi connectivity index (χ1) is 6.34. The van der Waals surface area contributed by atoms with Crippen LogP contribution in [0.2, 0.25) is 0 Å². The van der Waals surface area contributed by atoms with E-state index in [0.29, 0.717) is 12.1 Å². The SMILES string of the molecule is COCCCN[C@H]1CCCC[C@@H]1N. The molecule has 3 N–H and O–H groups in total. The van der Waals surface area contributed by atoms with Crippen LogP contribution in [0.3, 0.4) is 0 Å². The van der Waals surface area contributed by atoms with Crippen LogP contribution in [0.5, 0.6) is 0 Å². The minimum atomic E-state index is 0.372. The Morgan fingerprint density at radius 3 is 2.85 bits per heavy atom. The van der Waals surface area contributed by atoms with Gasteiger partial charge in [-0.2, -0.15) is 0 Å². The van der Waals surface area contributed by atoms with E-state index in [2.05, 4.69) is 5.32 Å². The second-order valence-electron chi connectivity index (χ2n) is 3.86. The largest absolute Gasteiger partial charge is 0.385 e. The van der Waals surface area contributed by atoms with Crippen molar-refractivity contribution in [1.82, 2.24) is 5.32 Å². The van der Waals surface area contributed by atoms with Gasteiger partial charge in [0.2, 0.25) is 0 Å². The molecule has 0 aromatic rings. The van der Waals surface area contributed by atoms with E-state index in [-0.39, 0.29) is 0 Å². The third-order valence-electron chi connectivity index (χ3n) is 2.75. The molecular formula is C10H22N2O. The molecule has 0 aliphatic heterocycles. The van der Waals surface area contributed by atoms with Gasteiger partial charge in [0, 0.05) is 25.8 Å². The van der Waals surface area contributed by atoms with Crippen LogP contribution in [0.4, 0.5) is 0 Å². The molecule has 0 spiro atoms. The van der Waals surface area contributed by atoms with Gasteiger partial charge in [-0.05, 0) is 25.8 Å². The quantitative estimate of drug-likeness (QED) is 0.627. The van der Waals surface area contributed by atoms with Crippen LogP contribution in [0, 0.1) is 0 Å². The summed E-state index contributed by atoms with van der Waals surface area (Å²) in [6.07, 6.45) is 6.14. The maximum atomic E-state index is 6.00. The summed E-state index contributed by atoms with van der Waals surface area (Å²) in [5.41, 5.74) is 6.00. The Labute approximate surface area is 81.0 Å². The zero-order chi connectivity index (χ0) is 9.52. The van der Waals surface area contributed by atoms with Gasteiger partial charge in [0.25, 0.3) is 0 Å². The van der Waals surface area contributed by atoms with Crippen molar-refractivity contribution in [2.24, 2.45) is 5.73 Å². The molecule has 0 unspecified atom stereocenters. The lowest BCUT2D eigenvalue weighted by Gasteiger charge is -2.29. The van der Waals surface area contributed by atoms with E-state index in [4.69, 9.17) is 10.5 Å². The number of hydrogen-bond donors (Lipinski definition) is 2. The predicted octanol–water partition coefficient (Wildman–Crippen LogP) is 0.882. The Bertz CT molecular complexity index is 130. The normalized spacial score (nSPS) is 29.1. The maximum absolute atomic E-state index is 6.00. The Kier molecular flexibility index (Phi) is 5.35. The highest BCUT2D eigenvalue weighted by molar-refractivity contribution is 4.83. The molecule has 0 bridgehead atoms. The molecule has 1 aliphatic carbocycles. The van der Waals surface area contributed by atoms with Crippen molar-refractivity contribution in [3.8, 4) is 0 Å². The molecule has 3 heteroatoms. The minimum absolute atomic E-state index is 0.372. The molecule has 1 fully saturated rings. The van der Waals surface area contributed by atoms with E-state index < -0.39 is 0 Å². The Morgan fingerprint density at radius 1 is 1.38 bits per heavy atom. The summed E-state index contributed by atoms with van der Waals surface area (Å²) in [5.74, 6) is 0. The molecular weight excluding hydrogens is 164 g/mol. The predicted molar refractivity (Wildman–Crippen MR) is 54.7 cm³/mol. The summed E-state index contributed by atoms with van der Waals surface area (Å²) in [6, 6.07) is 0.918. The molecule has 0 aromatic heterocycles. The first kappa shape index (κ1) is 11.0. The van der Waals surface area contributed by atoms with E-state index in [9.17, 15) is 0 Å². The molecule has 0 amide bonds. The summed E-state index contributed by atoms with van der Waals surface area (Å²) in [6.45, 7) is 1.88. The van der Waals surface area contributed by atoms with Crippen molar-refractivity contribution in [2.75, 3.05) is 20.3 Å². The number of rotatable bonds is 5. The van der Waals surface area contributed by atoms with E-state index >= 15 is 0 Å².